The van der Waals surface area contributed by atoms with Crippen molar-refractivity contribution in [2.45, 2.75) is 82.3 Å². The Morgan fingerprint density at radius 2 is 1.66 bits per heavy atom. The highest BCUT2D eigenvalue weighted by molar-refractivity contribution is 5.85. The van der Waals surface area contributed by atoms with Crippen LogP contribution in [0.3, 0.4) is 0 Å². The van der Waals surface area contributed by atoms with Crippen LogP contribution in [-0.2, 0) is 20.9 Å². The minimum atomic E-state index is -1.26. The van der Waals surface area contributed by atoms with Crippen molar-refractivity contribution in [1.29, 1.82) is 5.26 Å². The predicted octanol–water partition coefficient (Wildman–Crippen LogP) is 5.06. The van der Waals surface area contributed by atoms with Gasteiger partial charge < -0.3 is 15.0 Å². The normalized spacial score (nSPS) is 27.5. The number of carbonyl (C=O) groups is 3. The fraction of sp³-hybridized carbons (Fsp3) is 0.500. The Hall–Kier alpha value is -3.93. The van der Waals surface area contributed by atoms with E-state index in [1.807, 2.05) is 73.7 Å². The Bertz CT molecular complexity index is 1270. The summed E-state index contributed by atoms with van der Waals surface area (Å²) in [6.45, 7) is 1.59. The number of hydrogen-bond donors (Lipinski definition) is 1. The van der Waals surface area contributed by atoms with Crippen LogP contribution in [0.1, 0.15) is 69.0 Å². The molecule has 3 saturated carbocycles. The van der Waals surface area contributed by atoms with Gasteiger partial charge in [0.25, 0.3) is 0 Å². The maximum Gasteiger partial charge on any atom is 0.411 e. The third kappa shape index (κ3) is 5.92. The first-order valence-corrected chi connectivity index (χ1v) is 14.4. The number of benzene rings is 2. The van der Waals surface area contributed by atoms with Crippen molar-refractivity contribution in [1.82, 2.24) is 15.1 Å². The molecule has 1 aliphatic heterocycles. The van der Waals surface area contributed by atoms with E-state index in [1.54, 1.807) is 0 Å². The van der Waals surface area contributed by atoms with Crippen LogP contribution >= 0.6 is 0 Å². The highest BCUT2D eigenvalue weighted by atomic mass is 19.1. The largest absolute Gasteiger partial charge is 0.445 e. The Balaban J connectivity index is 1.31. The lowest BCUT2D eigenvalue weighted by Crippen LogP contribution is -2.63. The molecule has 216 valence electrons. The smallest absolute Gasteiger partial charge is 0.411 e. The summed E-state index contributed by atoms with van der Waals surface area (Å²) in [5, 5.41) is 12.7. The van der Waals surface area contributed by atoms with Gasteiger partial charge in [-0.15, -0.1) is 0 Å². The molecular formula is C32H37FN4O4. The molecule has 8 nitrogen and oxygen atoms in total. The Morgan fingerprint density at radius 1 is 1.05 bits per heavy atom. The van der Waals surface area contributed by atoms with Gasteiger partial charge in [0.05, 0.1) is 18.7 Å². The van der Waals surface area contributed by atoms with Gasteiger partial charge in [-0.05, 0) is 56.6 Å². The van der Waals surface area contributed by atoms with Crippen molar-refractivity contribution < 1.29 is 23.5 Å². The van der Waals surface area contributed by atoms with Crippen molar-refractivity contribution in [3.05, 3.63) is 71.8 Å². The topological polar surface area (TPSA) is 103 Å². The first kappa shape index (κ1) is 28.6. The summed E-state index contributed by atoms with van der Waals surface area (Å²) < 4.78 is 19.8. The molecule has 6 rings (SSSR count). The van der Waals surface area contributed by atoms with Gasteiger partial charge in [0, 0.05) is 17.4 Å². The van der Waals surface area contributed by atoms with Crippen molar-refractivity contribution in [3.63, 3.8) is 0 Å². The molecule has 2 aromatic rings. The highest BCUT2D eigenvalue weighted by Crippen LogP contribution is 2.55. The number of halogens is 1. The molecule has 0 spiro atoms. The van der Waals surface area contributed by atoms with Crippen LogP contribution in [0.4, 0.5) is 9.18 Å². The Labute approximate surface area is 240 Å². The molecule has 0 aromatic heterocycles. The number of amides is 3. The zero-order valence-corrected chi connectivity index (χ0v) is 23.4. The molecule has 3 atom stereocenters. The van der Waals surface area contributed by atoms with E-state index in [1.165, 1.54) is 9.80 Å². The van der Waals surface area contributed by atoms with Crippen LogP contribution in [0.15, 0.2) is 60.7 Å². The van der Waals surface area contributed by atoms with Crippen LogP contribution < -0.4 is 5.32 Å². The summed E-state index contributed by atoms with van der Waals surface area (Å²) >= 11 is 0. The lowest BCUT2D eigenvalue weighted by Gasteiger charge is -2.56. The molecule has 9 heteroatoms. The fourth-order valence-corrected chi connectivity index (χ4v) is 6.72. The third-order valence-electron chi connectivity index (χ3n) is 9.35. The molecule has 0 radical (unpaired) electrons. The van der Waals surface area contributed by atoms with E-state index >= 15 is 0 Å². The zero-order chi connectivity index (χ0) is 29.0. The van der Waals surface area contributed by atoms with E-state index < -0.39 is 35.2 Å². The molecule has 4 aliphatic rings. The van der Waals surface area contributed by atoms with Crippen LogP contribution in [0.5, 0.6) is 0 Å². The number of carbonyl (C=O) groups excluding carboxylic acids is 3. The van der Waals surface area contributed by atoms with E-state index in [2.05, 4.69) is 5.32 Å². The van der Waals surface area contributed by atoms with E-state index in [0.717, 1.165) is 11.1 Å². The van der Waals surface area contributed by atoms with Crippen LogP contribution in [0.2, 0.25) is 0 Å². The van der Waals surface area contributed by atoms with Crippen molar-refractivity contribution in [3.8, 4) is 6.07 Å². The molecule has 1 heterocycles. The Morgan fingerprint density at radius 3 is 2.27 bits per heavy atom. The van der Waals surface area contributed by atoms with Gasteiger partial charge in [-0.3, -0.25) is 14.5 Å². The summed E-state index contributed by atoms with van der Waals surface area (Å²) in [6.07, 6.45) is 1.55. The van der Waals surface area contributed by atoms with Gasteiger partial charge in [-0.1, -0.05) is 60.7 Å². The second-order valence-electron chi connectivity index (χ2n) is 11.8. The second-order valence-corrected chi connectivity index (χ2v) is 11.8. The number of fused-ring (bicyclic) bond motifs is 3. The molecule has 3 aliphatic carbocycles. The van der Waals surface area contributed by atoms with Gasteiger partial charge in [-0.25, -0.2) is 9.18 Å². The highest BCUT2D eigenvalue weighted by Gasteiger charge is 2.56. The van der Waals surface area contributed by atoms with Crippen molar-refractivity contribution >= 4 is 17.9 Å². The standard InChI is InChI=1S/C32H37FN4O4/c1-23(25-10-6-3-7-11-25)35-29(39)31-12-15-32(16-13-31,17-14-31)37(30(40)41-22-24-8-4-2-5-9-24)21-28(38)36-20-26(33)18-27(36)19-34/h2-11,23,26-27H,12-18,20-22H2,1H3,(H,35,39)/t23-,26-,27-,31?,32?/m0/s1. The van der Waals surface area contributed by atoms with E-state index in [4.69, 9.17) is 4.74 Å². The van der Waals surface area contributed by atoms with Gasteiger partial charge in [0.1, 0.15) is 25.4 Å². The predicted molar refractivity (Wildman–Crippen MR) is 150 cm³/mol. The maximum absolute atomic E-state index is 14.1. The number of nitriles is 1. The summed E-state index contributed by atoms with van der Waals surface area (Å²) in [5.41, 5.74) is 0.700. The van der Waals surface area contributed by atoms with Crippen molar-refractivity contribution in [2.75, 3.05) is 13.1 Å². The molecule has 41 heavy (non-hydrogen) atoms. The molecule has 0 unspecified atom stereocenters. The maximum atomic E-state index is 14.1. The first-order valence-electron chi connectivity index (χ1n) is 14.4. The van der Waals surface area contributed by atoms with Crippen LogP contribution in [-0.4, -0.2) is 58.5 Å². The van der Waals surface area contributed by atoms with Crippen LogP contribution in [0.25, 0.3) is 0 Å². The molecule has 1 saturated heterocycles. The average Bonchev–Trinajstić information content (AvgIpc) is 3.41. The lowest BCUT2D eigenvalue weighted by atomic mass is 9.56. The summed E-state index contributed by atoms with van der Waals surface area (Å²) in [6, 6.07) is 20.2. The number of likely N-dealkylation sites (tertiary alicyclic amines) is 1. The van der Waals surface area contributed by atoms with E-state index in [9.17, 15) is 24.0 Å². The number of ether oxygens (including phenoxy) is 1. The molecule has 1 N–H and O–H groups in total. The lowest BCUT2D eigenvalue weighted by molar-refractivity contribution is -0.145. The average molecular weight is 561 g/mol. The van der Waals surface area contributed by atoms with Crippen LogP contribution in [0, 0.1) is 16.7 Å². The van der Waals surface area contributed by atoms with E-state index in [0.29, 0.717) is 38.5 Å². The molecule has 2 bridgehead atoms. The van der Waals surface area contributed by atoms with Gasteiger partial charge >= 0.3 is 6.09 Å². The number of rotatable bonds is 8. The number of hydrogen-bond acceptors (Lipinski definition) is 5. The quantitative estimate of drug-likeness (QED) is 0.486. The van der Waals surface area contributed by atoms with Crippen molar-refractivity contribution in [2.24, 2.45) is 5.41 Å². The summed E-state index contributed by atoms with van der Waals surface area (Å²) in [4.78, 5) is 43.3. The molecule has 2 aromatic carbocycles. The fourth-order valence-electron chi connectivity index (χ4n) is 6.72. The minimum Gasteiger partial charge on any atom is -0.445 e. The van der Waals surface area contributed by atoms with Gasteiger partial charge in [0.15, 0.2) is 0 Å². The molecule has 3 amide bonds. The number of nitrogens with one attached hydrogen (secondary N) is 1. The third-order valence-corrected chi connectivity index (χ3v) is 9.35. The monoisotopic (exact) mass is 560 g/mol. The Kier molecular flexibility index (Phi) is 8.30. The van der Waals surface area contributed by atoms with E-state index in [-0.39, 0.29) is 38.1 Å². The molecular weight excluding hydrogens is 523 g/mol. The summed E-state index contributed by atoms with van der Waals surface area (Å²) in [5.74, 6) is -0.432. The zero-order valence-electron chi connectivity index (χ0n) is 23.4. The van der Waals surface area contributed by atoms with Gasteiger partial charge in [-0.2, -0.15) is 5.26 Å². The second kappa shape index (κ2) is 11.9. The number of nitrogens with zero attached hydrogens (tertiary/aromatic N) is 3. The van der Waals surface area contributed by atoms with Gasteiger partial charge in [0.2, 0.25) is 11.8 Å². The minimum absolute atomic E-state index is 0.0229. The summed E-state index contributed by atoms with van der Waals surface area (Å²) in [7, 11) is 0. The molecule has 4 fully saturated rings. The first-order chi connectivity index (χ1) is 19.7. The SMILES string of the molecule is C[C@H](NC(=O)C12CCC(N(CC(=O)N3C[C@@H](F)C[C@H]3C#N)C(=O)OCc3ccccc3)(CC1)CC2)c1ccccc1. The number of alkyl halides is 1.